The van der Waals surface area contributed by atoms with Crippen molar-refractivity contribution < 1.29 is 14.5 Å². The van der Waals surface area contributed by atoms with Gasteiger partial charge < -0.3 is 10.1 Å². The third-order valence-electron chi connectivity index (χ3n) is 3.88. The van der Waals surface area contributed by atoms with E-state index in [0.717, 1.165) is 4.47 Å². The van der Waals surface area contributed by atoms with E-state index in [2.05, 4.69) is 26.3 Å². The van der Waals surface area contributed by atoms with Crippen molar-refractivity contribution in [2.45, 2.75) is 20.0 Å². The molecule has 28 heavy (non-hydrogen) atoms. The van der Waals surface area contributed by atoms with Crippen molar-refractivity contribution >= 4 is 33.3 Å². The van der Waals surface area contributed by atoms with Gasteiger partial charge in [-0.15, -0.1) is 0 Å². The van der Waals surface area contributed by atoms with Crippen LogP contribution < -0.4 is 10.1 Å². The van der Waals surface area contributed by atoms with E-state index < -0.39 is 11.0 Å². The van der Waals surface area contributed by atoms with Crippen molar-refractivity contribution in [1.29, 1.82) is 0 Å². The Morgan fingerprint density at radius 2 is 1.86 bits per heavy atom. The van der Waals surface area contributed by atoms with E-state index in [1.54, 1.807) is 44.2 Å². The van der Waals surface area contributed by atoms with E-state index in [1.807, 2.05) is 12.1 Å². The molecule has 0 fully saturated rings. The second-order valence-electron chi connectivity index (χ2n) is 6.06. The quantitative estimate of drug-likeness (QED) is 0.452. The number of benzene rings is 2. The number of nitro groups is 1. The van der Waals surface area contributed by atoms with Gasteiger partial charge in [-0.05, 0) is 50.2 Å². The molecule has 0 aliphatic heterocycles. The van der Waals surface area contributed by atoms with Crippen LogP contribution in [0.5, 0.6) is 5.75 Å². The van der Waals surface area contributed by atoms with Gasteiger partial charge in [-0.25, -0.2) is 4.68 Å². The van der Waals surface area contributed by atoms with Crippen LogP contribution in [0.4, 0.5) is 11.5 Å². The van der Waals surface area contributed by atoms with Gasteiger partial charge in [0, 0.05) is 22.7 Å². The smallest absolute Gasteiger partial charge is 0.269 e. The van der Waals surface area contributed by atoms with Crippen molar-refractivity contribution in [2.75, 3.05) is 5.32 Å². The van der Waals surface area contributed by atoms with Crippen LogP contribution in [-0.4, -0.2) is 26.7 Å². The predicted octanol–water partition coefficient (Wildman–Crippen LogP) is 4.26. The summed E-state index contributed by atoms with van der Waals surface area (Å²) in [5.74, 6) is 0.680. The molecule has 1 atom stereocenters. The Labute approximate surface area is 169 Å². The maximum atomic E-state index is 12.5. The second-order valence-corrected chi connectivity index (χ2v) is 6.98. The summed E-state index contributed by atoms with van der Waals surface area (Å²) in [5.41, 5.74) is 1.26. The molecule has 0 aliphatic carbocycles. The number of hydrogen-bond acceptors (Lipinski definition) is 5. The van der Waals surface area contributed by atoms with Gasteiger partial charge in [-0.1, -0.05) is 15.9 Å². The van der Waals surface area contributed by atoms with Crippen LogP contribution in [0.15, 0.2) is 59.1 Å². The average Bonchev–Trinajstić information content (AvgIpc) is 3.03. The highest BCUT2D eigenvalue weighted by Crippen LogP contribution is 2.21. The Hall–Kier alpha value is -3.20. The standard InChI is InChI=1S/C19H17BrN4O4/c1-12-11-18(23(22-12)15-5-7-16(8-6-15)24(26)27)21-19(25)13(2)28-17-9-3-14(20)4-10-17/h3-11,13H,1-2H3,(H,21,25). The van der Waals surface area contributed by atoms with E-state index >= 15 is 0 Å². The molecule has 0 spiro atoms. The Morgan fingerprint density at radius 3 is 2.46 bits per heavy atom. The number of aromatic nitrogens is 2. The molecule has 0 bridgehead atoms. The summed E-state index contributed by atoms with van der Waals surface area (Å²) in [5, 5.41) is 18.0. The molecule has 2 aromatic carbocycles. The summed E-state index contributed by atoms with van der Waals surface area (Å²) in [6.45, 7) is 3.44. The van der Waals surface area contributed by atoms with Gasteiger partial charge in [-0.3, -0.25) is 14.9 Å². The van der Waals surface area contributed by atoms with E-state index in [4.69, 9.17) is 4.74 Å². The first-order valence-corrected chi connectivity index (χ1v) is 9.17. The number of non-ortho nitro benzene ring substituents is 1. The van der Waals surface area contributed by atoms with Crippen LogP contribution in [-0.2, 0) is 4.79 Å². The molecule has 1 heterocycles. The van der Waals surface area contributed by atoms with Gasteiger partial charge in [0.25, 0.3) is 11.6 Å². The lowest BCUT2D eigenvalue weighted by Gasteiger charge is -2.15. The Morgan fingerprint density at radius 1 is 1.21 bits per heavy atom. The lowest BCUT2D eigenvalue weighted by molar-refractivity contribution is -0.384. The maximum absolute atomic E-state index is 12.5. The van der Waals surface area contributed by atoms with Crippen LogP contribution in [0.25, 0.3) is 5.69 Å². The molecule has 0 saturated carbocycles. The molecule has 1 N–H and O–H groups in total. The summed E-state index contributed by atoms with van der Waals surface area (Å²) >= 11 is 3.35. The molecule has 144 valence electrons. The number of carbonyl (C=O) groups is 1. The highest BCUT2D eigenvalue weighted by molar-refractivity contribution is 9.10. The zero-order chi connectivity index (χ0) is 20.3. The average molecular weight is 445 g/mol. The lowest BCUT2D eigenvalue weighted by atomic mass is 10.3. The first kappa shape index (κ1) is 19.6. The van der Waals surface area contributed by atoms with Gasteiger partial charge in [0.15, 0.2) is 6.10 Å². The van der Waals surface area contributed by atoms with Gasteiger partial charge >= 0.3 is 0 Å². The van der Waals surface area contributed by atoms with Crippen molar-refractivity contribution in [2.24, 2.45) is 0 Å². The fraction of sp³-hybridized carbons (Fsp3) is 0.158. The van der Waals surface area contributed by atoms with Crippen LogP contribution in [0.3, 0.4) is 0 Å². The number of ether oxygens (including phenoxy) is 1. The van der Waals surface area contributed by atoms with Crippen LogP contribution in [0.1, 0.15) is 12.6 Å². The maximum Gasteiger partial charge on any atom is 0.269 e. The number of nitrogens with zero attached hydrogens (tertiary/aromatic N) is 3. The van der Waals surface area contributed by atoms with Gasteiger partial charge in [0.2, 0.25) is 0 Å². The summed E-state index contributed by atoms with van der Waals surface area (Å²) in [7, 11) is 0. The normalized spacial score (nSPS) is 11.7. The van der Waals surface area contributed by atoms with Gasteiger partial charge in [0.05, 0.1) is 16.3 Å². The first-order valence-electron chi connectivity index (χ1n) is 8.38. The second kappa shape index (κ2) is 8.22. The van der Waals surface area contributed by atoms with E-state index in [-0.39, 0.29) is 11.6 Å². The van der Waals surface area contributed by atoms with Crippen LogP contribution >= 0.6 is 15.9 Å². The minimum absolute atomic E-state index is 0.0188. The molecule has 1 amide bonds. The number of rotatable bonds is 6. The number of nitro benzene ring substituents is 1. The first-order chi connectivity index (χ1) is 13.3. The van der Waals surface area contributed by atoms with Gasteiger partial charge in [0.1, 0.15) is 11.6 Å². The zero-order valence-electron chi connectivity index (χ0n) is 15.1. The monoisotopic (exact) mass is 444 g/mol. The SMILES string of the molecule is Cc1cc(NC(=O)C(C)Oc2ccc(Br)cc2)n(-c2ccc([N+](=O)[O-])cc2)n1. The number of nitrogens with one attached hydrogen (secondary N) is 1. The predicted molar refractivity (Wildman–Crippen MR) is 108 cm³/mol. The molecule has 3 aromatic rings. The van der Waals surface area contributed by atoms with E-state index in [9.17, 15) is 14.9 Å². The van der Waals surface area contributed by atoms with Crippen molar-refractivity contribution in [3.63, 3.8) is 0 Å². The molecule has 1 unspecified atom stereocenters. The topological polar surface area (TPSA) is 99.3 Å². The number of halogens is 1. The number of hydrogen-bond donors (Lipinski definition) is 1. The molecule has 0 radical (unpaired) electrons. The minimum Gasteiger partial charge on any atom is -0.481 e. The Kier molecular flexibility index (Phi) is 5.74. The fourth-order valence-corrected chi connectivity index (χ4v) is 2.76. The number of carbonyl (C=O) groups excluding carboxylic acids is 1. The van der Waals surface area contributed by atoms with E-state index in [0.29, 0.717) is 22.9 Å². The molecule has 0 saturated heterocycles. The molecule has 8 nitrogen and oxygen atoms in total. The van der Waals surface area contributed by atoms with Crippen molar-refractivity contribution in [3.8, 4) is 11.4 Å². The largest absolute Gasteiger partial charge is 0.481 e. The molecule has 3 rings (SSSR count). The highest BCUT2D eigenvalue weighted by atomic mass is 79.9. The minimum atomic E-state index is -0.735. The molecule has 0 aliphatic rings. The summed E-state index contributed by atoms with van der Waals surface area (Å²) in [6.07, 6.45) is -0.735. The van der Waals surface area contributed by atoms with E-state index in [1.165, 1.54) is 16.8 Å². The Balaban J connectivity index is 1.75. The van der Waals surface area contributed by atoms with Crippen molar-refractivity contribution in [1.82, 2.24) is 9.78 Å². The lowest BCUT2D eigenvalue weighted by Crippen LogP contribution is -2.30. The Bertz CT molecular complexity index is 1000. The number of amides is 1. The van der Waals surface area contributed by atoms with Crippen LogP contribution in [0.2, 0.25) is 0 Å². The summed E-state index contributed by atoms with van der Waals surface area (Å²) in [6, 6.07) is 14.8. The molecular weight excluding hydrogens is 428 g/mol. The number of aryl methyl sites for hydroxylation is 1. The summed E-state index contributed by atoms with van der Waals surface area (Å²) in [4.78, 5) is 22.9. The fourth-order valence-electron chi connectivity index (χ4n) is 2.50. The number of anilines is 1. The zero-order valence-corrected chi connectivity index (χ0v) is 16.7. The van der Waals surface area contributed by atoms with Crippen molar-refractivity contribution in [3.05, 3.63) is 74.9 Å². The molecule has 1 aromatic heterocycles. The van der Waals surface area contributed by atoms with Crippen LogP contribution in [0, 0.1) is 17.0 Å². The molecule has 9 heteroatoms. The third-order valence-corrected chi connectivity index (χ3v) is 4.41. The third kappa shape index (κ3) is 4.55. The van der Waals surface area contributed by atoms with Gasteiger partial charge in [-0.2, -0.15) is 5.10 Å². The molecular formula is C19H17BrN4O4. The summed E-state index contributed by atoms with van der Waals surface area (Å²) < 4.78 is 8.09. The highest BCUT2D eigenvalue weighted by Gasteiger charge is 2.18.